The lowest BCUT2D eigenvalue weighted by Crippen LogP contribution is -2.29. The van der Waals surface area contributed by atoms with Crippen molar-refractivity contribution in [1.82, 2.24) is 4.98 Å². The highest BCUT2D eigenvalue weighted by molar-refractivity contribution is 6.36. The second kappa shape index (κ2) is 8.65. The third kappa shape index (κ3) is 5.89. The number of aryl methyl sites for hydroxylation is 1. The largest absolute Gasteiger partial charge is 0.449 e. The van der Waals surface area contributed by atoms with Gasteiger partial charge in [-0.3, -0.25) is 4.79 Å². The number of nitrogens with one attached hydrogen (secondary N) is 1. The molecule has 0 aliphatic heterocycles. The molecule has 7 heteroatoms. The van der Waals surface area contributed by atoms with Gasteiger partial charge in [-0.2, -0.15) is 0 Å². The van der Waals surface area contributed by atoms with Crippen LogP contribution in [0.1, 0.15) is 18.1 Å². The Morgan fingerprint density at radius 3 is 2.72 bits per heavy atom. The quantitative estimate of drug-likeness (QED) is 0.622. The van der Waals surface area contributed by atoms with Gasteiger partial charge in [0.15, 0.2) is 11.9 Å². The SMILES string of the molecule is Cc1cccc(/C=C/C(=O)O[C@@H](C)C(=O)Nc2ncc(Cl)cc2Cl)c1. The van der Waals surface area contributed by atoms with Crippen LogP contribution in [0, 0.1) is 6.92 Å². The Labute approximate surface area is 155 Å². The van der Waals surface area contributed by atoms with Crippen LogP contribution in [-0.4, -0.2) is 23.0 Å². The smallest absolute Gasteiger partial charge is 0.331 e. The van der Waals surface area contributed by atoms with Gasteiger partial charge in [-0.1, -0.05) is 53.0 Å². The van der Waals surface area contributed by atoms with Gasteiger partial charge < -0.3 is 10.1 Å². The highest BCUT2D eigenvalue weighted by atomic mass is 35.5. The molecule has 1 atom stereocenters. The van der Waals surface area contributed by atoms with E-state index in [1.807, 2.05) is 31.2 Å². The molecular weight excluding hydrogens is 363 g/mol. The number of rotatable bonds is 5. The highest BCUT2D eigenvalue weighted by Crippen LogP contribution is 2.22. The van der Waals surface area contributed by atoms with Crippen LogP contribution in [0.15, 0.2) is 42.6 Å². The third-order valence-corrected chi connectivity index (χ3v) is 3.66. The van der Waals surface area contributed by atoms with Crippen molar-refractivity contribution >= 4 is 47.0 Å². The Morgan fingerprint density at radius 2 is 2.04 bits per heavy atom. The summed E-state index contributed by atoms with van der Waals surface area (Å²) in [4.78, 5) is 27.8. The normalized spacial score (nSPS) is 12.0. The van der Waals surface area contributed by atoms with E-state index in [1.165, 1.54) is 25.3 Å². The molecule has 25 heavy (non-hydrogen) atoms. The molecule has 0 bridgehead atoms. The summed E-state index contributed by atoms with van der Waals surface area (Å²) in [5.41, 5.74) is 1.95. The first-order valence-corrected chi connectivity index (χ1v) is 8.18. The first-order chi connectivity index (χ1) is 11.8. The van der Waals surface area contributed by atoms with Gasteiger partial charge >= 0.3 is 5.97 Å². The fourth-order valence-corrected chi connectivity index (χ4v) is 2.36. The van der Waals surface area contributed by atoms with E-state index in [9.17, 15) is 9.59 Å². The van der Waals surface area contributed by atoms with Crippen molar-refractivity contribution in [3.8, 4) is 0 Å². The topological polar surface area (TPSA) is 68.3 Å². The van der Waals surface area contributed by atoms with Crippen molar-refractivity contribution < 1.29 is 14.3 Å². The molecule has 0 radical (unpaired) electrons. The second-order valence-corrected chi connectivity index (χ2v) is 6.14. The number of amides is 1. The summed E-state index contributed by atoms with van der Waals surface area (Å²) in [6, 6.07) is 9.08. The number of hydrogen-bond acceptors (Lipinski definition) is 4. The van der Waals surface area contributed by atoms with Crippen LogP contribution in [0.2, 0.25) is 10.0 Å². The summed E-state index contributed by atoms with van der Waals surface area (Å²) in [7, 11) is 0. The van der Waals surface area contributed by atoms with Gasteiger partial charge in [0.05, 0.1) is 10.0 Å². The number of nitrogens with zero attached hydrogens (tertiary/aromatic N) is 1. The number of anilines is 1. The first kappa shape index (κ1) is 19.0. The monoisotopic (exact) mass is 378 g/mol. The number of carbonyl (C=O) groups is 2. The predicted octanol–water partition coefficient (Wildman–Crippen LogP) is 4.28. The van der Waals surface area contributed by atoms with Gasteiger partial charge in [0.2, 0.25) is 0 Å². The van der Waals surface area contributed by atoms with Crippen LogP contribution >= 0.6 is 23.2 Å². The molecule has 1 amide bonds. The van der Waals surface area contributed by atoms with E-state index < -0.39 is 18.0 Å². The van der Waals surface area contributed by atoms with Crippen LogP contribution in [0.25, 0.3) is 6.08 Å². The minimum atomic E-state index is -1.01. The zero-order valence-corrected chi connectivity index (χ0v) is 15.1. The molecule has 130 valence electrons. The minimum absolute atomic E-state index is 0.147. The second-order valence-electron chi connectivity index (χ2n) is 5.30. The van der Waals surface area contributed by atoms with Crippen molar-refractivity contribution in [2.75, 3.05) is 5.32 Å². The first-order valence-electron chi connectivity index (χ1n) is 7.42. The van der Waals surface area contributed by atoms with E-state index in [0.29, 0.717) is 5.02 Å². The van der Waals surface area contributed by atoms with Gasteiger partial charge in [0.1, 0.15) is 0 Å². The molecule has 0 spiro atoms. The lowest BCUT2D eigenvalue weighted by atomic mass is 10.1. The number of halogens is 2. The summed E-state index contributed by atoms with van der Waals surface area (Å²) in [6.45, 7) is 3.41. The number of ether oxygens (including phenoxy) is 1. The lowest BCUT2D eigenvalue weighted by molar-refractivity contribution is -0.148. The number of aromatic nitrogens is 1. The van der Waals surface area contributed by atoms with Crippen molar-refractivity contribution in [2.45, 2.75) is 20.0 Å². The summed E-state index contributed by atoms with van der Waals surface area (Å²) in [6.07, 6.45) is 3.23. The van der Waals surface area contributed by atoms with Crippen LogP contribution in [-0.2, 0) is 14.3 Å². The van der Waals surface area contributed by atoms with Crippen molar-refractivity contribution in [2.24, 2.45) is 0 Å². The van der Waals surface area contributed by atoms with Gasteiger partial charge in [-0.05, 0) is 31.6 Å². The summed E-state index contributed by atoms with van der Waals surface area (Å²) < 4.78 is 5.07. The van der Waals surface area contributed by atoms with Gasteiger partial charge in [0, 0.05) is 12.3 Å². The Kier molecular flexibility index (Phi) is 6.56. The average Bonchev–Trinajstić information content (AvgIpc) is 2.55. The van der Waals surface area contributed by atoms with Crippen LogP contribution < -0.4 is 5.32 Å². The third-order valence-electron chi connectivity index (χ3n) is 3.17. The van der Waals surface area contributed by atoms with Crippen LogP contribution in [0.4, 0.5) is 5.82 Å². The zero-order chi connectivity index (χ0) is 18.4. The molecule has 1 heterocycles. The number of benzene rings is 1. The number of pyridine rings is 1. The van der Waals surface area contributed by atoms with E-state index in [0.717, 1.165) is 11.1 Å². The van der Waals surface area contributed by atoms with E-state index in [2.05, 4.69) is 10.3 Å². The van der Waals surface area contributed by atoms with Gasteiger partial charge in [-0.15, -0.1) is 0 Å². The van der Waals surface area contributed by atoms with Crippen molar-refractivity contribution in [3.05, 3.63) is 63.8 Å². The molecule has 0 aliphatic carbocycles. The number of esters is 1. The fraction of sp³-hybridized carbons (Fsp3) is 0.167. The standard InChI is InChI=1S/C18H16Cl2N2O3/c1-11-4-3-5-13(8-11)6-7-16(23)25-12(2)18(24)22-17-15(20)9-14(19)10-21-17/h3-10,12H,1-2H3,(H,21,22,24)/b7-6+/t12-/m0/s1. The maximum atomic E-state index is 12.1. The van der Waals surface area contributed by atoms with E-state index in [-0.39, 0.29) is 10.8 Å². The molecule has 0 unspecified atom stereocenters. The highest BCUT2D eigenvalue weighted by Gasteiger charge is 2.18. The Balaban J connectivity index is 1.92. The van der Waals surface area contributed by atoms with E-state index >= 15 is 0 Å². The average molecular weight is 379 g/mol. The summed E-state index contributed by atoms with van der Waals surface area (Å²) in [5, 5.41) is 3.03. The minimum Gasteiger partial charge on any atom is -0.449 e. The molecule has 0 aliphatic rings. The predicted molar refractivity (Wildman–Crippen MR) is 98.7 cm³/mol. The number of hydrogen-bond donors (Lipinski definition) is 1. The van der Waals surface area contributed by atoms with Crippen LogP contribution in [0.5, 0.6) is 0 Å². The molecule has 1 aromatic heterocycles. The van der Waals surface area contributed by atoms with Crippen molar-refractivity contribution in [1.29, 1.82) is 0 Å². The van der Waals surface area contributed by atoms with Crippen molar-refractivity contribution in [3.63, 3.8) is 0 Å². The Hall–Kier alpha value is -2.37. The molecule has 1 N–H and O–H groups in total. The summed E-state index contributed by atoms with van der Waals surface area (Å²) in [5.74, 6) is -1.03. The number of carbonyl (C=O) groups excluding carboxylic acids is 2. The molecule has 0 saturated carbocycles. The van der Waals surface area contributed by atoms with Gasteiger partial charge in [-0.25, -0.2) is 9.78 Å². The fourth-order valence-electron chi connectivity index (χ4n) is 1.93. The molecule has 2 rings (SSSR count). The summed E-state index contributed by atoms with van der Waals surface area (Å²) >= 11 is 11.7. The molecule has 0 fully saturated rings. The molecular formula is C18H16Cl2N2O3. The van der Waals surface area contributed by atoms with E-state index in [1.54, 1.807) is 6.08 Å². The molecule has 5 nitrogen and oxygen atoms in total. The maximum absolute atomic E-state index is 12.1. The Morgan fingerprint density at radius 1 is 1.28 bits per heavy atom. The lowest BCUT2D eigenvalue weighted by Gasteiger charge is -2.12. The zero-order valence-electron chi connectivity index (χ0n) is 13.6. The van der Waals surface area contributed by atoms with Crippen LogP contribution in [0.3, 0.4) is 0 Å². The molecule has 0 saturated heterocycles. The maximum Gasteiger partial charge on any atom is 0.331 e. The Bertz CT molecular complexity index is 822. The molecule has 2 aromatic rings. The molecule has 1 aromatic carbocycles. The van der Waals surface area contributed by atoms with E-state index in [4.69, 9.17) is 27.9 Å². The van der Waals surface area contributed by atoms with Gasteiger partial charge in [0.25, 0.3) is 5.91 Å².